The number of ether oxygens (including phenoxy) is 1. The number of nitrogens with zero attached hydrogens (tertiary/aromatic N) is 3. The van der Waals surface area contributed by atoms with Crippen LogP contribution in [-0.4, -0.2) is 33.8 Å². The summed E-state index contributed by atoms with van der Waals surface area (Å²) in [6.07, 6.45) is 4.43. The fourth-order valence-electron chi connectivity index (χ4n) is 2.83. The van der Waals surface area contributed by atoms with Gasteiger partial charge < -0.3 is 14.6 Å². The highest BCUT2D eigenvalue weighted by atomic mass is 32.1. The van der Waals surface area contributed by atoms with E-state index in [1.807, 2.05) is 13.2 Å². The Morgan fingerprint density at radius 3 is 3.23 bits per heavy atom. The number of anilines is 1. The third-order valence-corrected chi connectivity index (χ3v) is 4.78. The Hall–Kier alpha value is -1.92. The van der Waals surface area contributed by atoms with Gasteiger partial charge in [0, 0.05) is 31.1 Å². The molecule has 22 heavy (non-hydrogen) atoms. The van der Waals surface area contributed by atoms with E-state index in [0.29, 0.717) is 6.10 Å². The van der Waals surface area contributed by atoms with Crippen molar-refractivity contribution in [2.75, 3.05) is 18.5 Å². The second kappa shape index (κ2) is 5.70. The van der Waals surface area contributed by atoms with Crippen LogP contribution in [0.15, 0.2) is 29.1 Å². The molecular formula is C16H18N4OS. The van der Waals surface area contributed by atoms with Crippen molar-refractivity contribution in [3.8, 4) is 11.3 Å². The first-order chi connectivity index (χ1) is 10.8. The SMILES string of the molecule is Cn1c(NCC2CCCO2)nc2cnc(-c3ccsc3)cc21. The third-order valence-electron chi connectivity index (χ3n) is 4.10. The molecule has 0 bridgehead atoms. The van der Waals surface area contributed by atoms with Gasteiger partial charge in [-0.2, -0.15) is 11.3 Å². The summed E-state index contributed by atoms with van der Waals surface area (Å²) in [6, 6.07) is 4.19. The zero-order valence-corrected chi connectivity index (χ0v) is 13.3. The summed E-state index contributed by atoms with van der Waals surface area (Å²) in [5.41, 5.74) is 4.15. The van der Waals surface area contributed by atoms with Crippen molar-refractivity contribution in [2.24, 2.45) is 7.05 Å². The Kier molecular flexibility index (Phi) is 3.56. The van der Waals surface area contributed by atoms with Gasteiger partial charge >= 0.3 is 0 Å². The summed E-state index contributed by atoms with van der Waals surface area (Å²) in [5.74, 6) is 0.870. The van der Waals surface area contributed by atoms with Gasteiger partial charge in [0.15, 0.2) is 0 Å². The third kappa shape index (κ3) is 2.48. The molecule has 114 valence electrons. The van der Waals surface area contributed by atoms with Gasteiger partial charge in [-0.25, -0.2) is 4.98 Å². The molecule has 1 aliphatic rings. The average molecular weight is 314 g/mol. The van der Waals surface area contributed by atoms with Gasteiger partial charge in [0.25, 0.3) is 0 Å². The molecule has 0 spiro atoms. The Bertz CT molecular complexity index is 775. The fraction of sp³-hybridized carbons (Fsp3) is 0.375. The van der Waals surface area contributed by atoms with Crippen LogP contribution in [0.3, 0.4) is 0 Å². The highest BCUT2D eigenvalue weighted by Gasteiger charge is 2.16. The second-order valence-electron chi connectivity index (χ2n) is 5.58. The molecule has 0 aromatic carbocycles. The standard InChI is InChI=1S/C16H18N4OS/c1-20-15-7-13(11-4-6-22-10-11)17-9-14(15)19-16(20)18-8-12-3-2-5-21-12/h4,6-7,9-10,12H,2-3,5,8H2,1H3,(H,18,19). The summed E-state index contributed by atoms with van der Waals surface area (Å²) in [5, 5.41) is 7.58. The van der Waals surface area contributed by atoms with E-state index in [4.69, 9.17) is 4.74 Å². The van der Waals surface area contributed by atoms with Gasteiger partial charge in [-0.15, -0.1) is 0 Å². The van der Waals surface area contributed by atoms with Crippen LogP contribution in [0.1, 0.15) is 12.8 Å². The summed E-state index contributed by atoms with van der Waals surface area (Å²) in [4.78, 5) is 9.15. The van der Waals surface area contributed by atoms with E-state index < -0.39 is 0 Å². The minimum absolute atomic E-state index is 0.305. The van der Waals surface area contributed by atoms with E-state index >= 15 is 0 Å². The van der Waals surface area contributed by atoms with Crippen molar-refractivity contribution in [3.63, 3.8) is 0 Å². The molecule has 5 nitrogen and oxygen atoms in total. The van der Waals surface area contributed by atoms with Crippen LogP contribution < -0.4 is 5.32 Å². The number of aromatic nitrogens is 3. The lowest BCUT2D eigenvalue weighted by molar-refractivity contribution is 0.120. The molecule has 4 rings (SSSR count). The van der Waals surface area contributed by atoms with Crippen LogP contribution in [-0.2, 0) is 11.8 Å². The Balaban J connectivity index is 1.61. The molecule has 0 aliphatic carbocycles. The largest absolute Gasteiger partial charge is 0.376 e. The van der Waals surface area contributed by atoms with E-state index in [9.17, 15) is 0 Å². The fourth-order valence-corrected chi connectivity index (χ4v) is 3.48. The number of fused-ring (bicyclic) bond motifs is 1. The van der Waals surface area contributed by atoms with Gasteiger partial charge in [-0.3, -0.25) is 4.98 Å². The van der Waals surface area contributed by atoms with Crippen molar-refractivity contribution >= 4 is 28.3 Å². The van der Waals surface area contributed by atoms with Crippen molar-refractivity contribution in [1.82, 2.24) is 14.5 Å². The van der Waals surface area contributed by atoms with E-state index in [0.717, 1.165) is 54.2 Å². The minimum atomic E-state index is 0.305. The van der Waals surface area contributed by atoms with Crippen LogP contribution in [0.25, 0.3) is 22.3 Å². The van der Waals surface area contributed by atoms with Crippen LogP contribution in [0.2, 0.25) is 0 Å². The second-order valence-corrected chi connectivity index (χ2v) is 6.36. The molecule has 3 aromatic heterocycles. The number of aryl methyl sites for hydroxylation is 1. The summed E-state index contributed by atoms with van der Waals surface area (Å²) < 4.78 is 7.73. The highest BCUT2D eigenvalue weighted by Crippen LogP contribution is 2.25. The normalized spacial score (nSPS) is 18.1. The molecule has 1 N–H and O–H groups in total. The summed E-state index contributed by atoms with van der Waals surface area (Å²) in [6.45, 7) is 1.69. The lowest BCUT2D eigenvalue weighted by Crippen LogP contribution is -2.20. The molecule has 0 amide bonds. The molecular weight excluding hydrogens is 296 g/mol. The predicted molar refractivity (Wildman–Crippen MR) is 89.3 cm³/mol. The molecule has 1 aliphatic heterocycles. The summed E-state index contributed by atoms with van der Waals surface area (Å²) >= 11 is 1.68. The Morgan fingerprint density at radius 1 is 1.50 bits per heavy atom. The average Bonchev–Trinajstić information content (AvgIpc) is 3.27. The van der Waals surface area contributed by atoms with Crippen molar-refractivity contribution < 1.29 is 4.74 Å². The number of hydrogen-bond acceptors (Lipinski definition) is 5. The maximum absolute atomic E-state index is 5.65. The first-order valence-corrected chi connectivity index (χ1v) is 8.46. The first-order valence-electron chi connectivity index (χ1n) is 7.52. The van der Waals surface area contributed by atoms with Gasteiger partial charge in [-0.1, -0.05) is 0 Å². The smallest absolute Gasteiger partial charge is 0.203 e. The van der Waals surface area contributed by atoms with Crippen molar-refractivity contribution in [2.45, 2.75) is 18.9 Å². The van der Waals surface area contributed by atoms with Crippen LogP contribution in [0.5, 0.6) is 0 Å². The molecule has 6 heteroatoms. The van der Waals surface area contributed by atoms with Gasteiger partial charge in [0.05, 0.1) is 23.5 Å². The molecule has 4 heterocycles. The zero-order chi connectivity index (χ0) is 14.9. The quantitative estimate of drug-likeness (QED) is 0.803. The monoisotopic (exact) mass is 314 g/mol. The van der Waals surface area contributed by atoms with Gasteiger partial charge in [0.1, 0.15) is 5.52 Å². The maximum Gasteiger partial charge on any atom is 0.203 e. The number of hydrogen-bond donors (Lipinski definition) is 1. The number of pyridine rings is 1. The van der Waals surface area contributed by atoms with E-state index in [2.05, 4.69) is 42.7 Å². The van der Waals surface area contributed by atoms with E-state index in [1.54, 1.807) is 11.3 Å². The maximum atomic E-state index is 5.65. The van der Waals surface area contributed by atoms with Crippen molar-refractivity contribution in [3.05, 3.63) is 29.1 Å². The lowest BCUT2D eigenvalue weighted by Gasteiger charge is -2.11. The Labute approximate surface area is 133 Å². The molecule has 3 aromatic rings. The molecule has 0 saturated carbocycles. The van der Waals surface area contributed by atoms with Crippen molar-refractivity contribution in [1.29, 1.82) is 0 Å². The summed E-state index contributed by atoms with van der Waals surface area (Å²) in [7, 11) is 2.03. The number of rotatable bonds is 4. The van der Waals surface area contributed by atoms with E-state index in [1.165, 1.54) is 0 Å². The highest BCUT2D eigenvalue weighted by molar-refractivity contribution is 7.08. The topological polar surface area (TPSA) is 52.0 Å². The Morgan fingerprint density at radius 2 is 2.45 bits per heavy atom. The van der Waals surface area contributed by atoms with Crippen LogP contribution in [0.4, 0.5) is 5.95 Å². The number of imidazole rings is 1. The number of thiophene rings is 1. The molecule has 0 radical (unpaired) electrons. The molecule has 1 saturated heterocycles. The van der Waals surface area contributed by atoms with Crippen LogP contribution in [0, 0.1) is 0 Å². The van der Waals surface area contributed by atoms with Gasteiger partial charge in [0.2, 0.25) is 5.95 Å². The van der Waals surface area contributed by atoms with Gasteiger partial charge in [-0.05, 0) is 30.4 Å². The first kappa shape index (κ1) is 13.7. The molecule has 1 unspecified atom stereocenters. The van der Waals surface area contributed by atoms with Crippen LogP contribution >= 0.6 is 11.3 Å². The zero-order valence-electron chi connectivity index (χ0n) is 12.5. The van der Waals surface area contributed by atoms with E-state index in [-0.39, 0.29) is 0 Å². The molecule has 1 fully saturated rings. The number of nitrogens with one attached hydrogen (secondary N) is 1. The lowest BCUT2D eigenvalue weighted by atomic mass is 10.2. The molecule has 1 atom stereocenters. The minimum Gasteiger partial charge on any atom is -0.376 e. The predicted octanol–water partition coefficient (Wildman–Crippen LogP) is 3.29.